The molecule has 3 aromatic rings. The second-order valence-corrected chi connectivity index (χ2v) is 6.22. The molecule has 1 aromatic heterocycles. The number of hydrogen-bond acceptors (Lipinski definition) is 6. The molecule has 1 heterocycles. The molecule has 2 aromatic carbocycles. The third kappa shape index (κ3) is 3.50. The van der Waals surface area contributed by atoms with E-state index in [4.69, 9.17) is 9.47 Å². The maximum Gasteiger partial charge on any atom is 0.268 e. The van der Waals surface area contributed by atoms with Gasteiger partial charge < -0.3 is 9.47 Å². The van der Waals surface area contributed by atoms with Crippen molar-refractivity contribution in [2.24, 2.45) is 0 Å². The van der Waals surface area contributed by atoms with E-state index in [2.05, 4.69) is 10.3 Å². The number of nitrogens with zero attached hydrogens (tertiary/aromatic N) is 2. The first kappa shape index (κ1) is 17.5. The number of ether oxygens (including phenoxy) is 2. The largest absolute Gasteiger partial charge is 0.496 e. The van der Waals surface area contributed by atoms with Crippen LogP contribution in [0.25, 0.3) is 16.3 Å². The Kier molecular flexibility index (Phi) is 5.15. The van der Waals surface area contributed by atoms with Crippen molar-refractivity contribution in [3.63, 3.8) is 0 Å². The fourth-order valence-electron chi connectivity index (χ4n) is 2.40. The van der Waals surface area contributed by atoms with Crippen LogP contribution in [0.4, 0.5) is 5.13 Å². The van der Waals surface area contributed by atoms with Crippen LogP contribution < -0.4 is 14.8 Å². The van der Waals surface area contributed by atoms with Crippen molar-refractivity contribution >= 4 is 38.7 Å². The zero-order valence-electron chi connectivity index (χ0n) is 14.1. The van der Waals surface area contributed by atoms with Gasteiger partial charge in [0.05, 0.1) is 18.9 Å². The van der Waals surface area contributed by atoms with Gasteiger partial charge in [-0.2, -0.15) is 5.26 Å². The molecule has 1 amide bonds. The van der Waals surface area contributed by atoms with Gasteiger partial charge >= 0.3 is 0 Å². The van der Waals surface area contributed by atoms with Gasteiger partial charge in [0.25, 0.3) is 5.91 Å². The van der Waals surface area contributed by atoms with Crippen LogP contribution in [0.2, 0.25) is 0 Å². The average Bonchev–Trinajstić information content (AvgIpc) is 3.08. The highest BCUT2D eigenvalue weighted by molar-refractivity contribution is 7.22. The minimum atomic E-state index is -0.531. The number of fused-ring (bicyclic) bond motifs is 1. The topological polar surface area (TPSA) is 84.2 Å². The second kappa shape index (κ2) is 7.68. The number of amides is 1. The predicted molar refractivity (Wildman–Crippen MR) is 101 cm³/mol. The highest BCUT2D eigenvalue weighted by Crippen LogP contribution is 2.32. The first-order chi connectivity index (χ1) is 12.7. The summed E-state index contributed by atoms with van der Waals surface area (Å²) in [4.78, 5) is 16.9. The number of benzene rings is 2. The van der Waals surface area contributed by atoms with E-state index in [0.29, 0.717) is 27.7 Å². The fraction of sp³-hybridized carbons (Fsp3) is 0.105. The molecule has 0 atom stereocenters. The molecule has 0 spiro atoms. The number of nitrogens with one attached hydrogen (secondary N) is 1. The molecular weight excluding hydrogens is 350 g/mol. The quantitative estimate of drug-likeness (QED) is 0.548. The van der Waals surface area contributed by atoms with Gasteiger partial charge in [-0.15, -0.1) is 0 Å². The summed E-state index contributed by atoms with van der Waals surface area (Å²) in [5.41, 5.74) is 1.27. The van der Waals surface area contributed by atoms with Crippen LogP contribution in [0.15, 0.2) is 48.0 Å². The lowest BCUT2D eigenvalue weighted by atomic mass is 10.1. The molecule has 130 valence electrons. The van der Waals surface area contributed by atoms with Crippen LogP contribution in [0.1, 0.15) is 5.56 Å². The Bertz CT molecular complexity index is 1030. The summed E-state index contributed by atoms with van der Waals surface area (Å²) in [6.45, 7) is 0. The molecule has 0 aliphatic carbocycles. The van der Waals surface area contributed by atoms with E-state index in [1.54, 1.807) is 31.4 Å². The van der Waals surface area contributed by atoms with Crippen molar-refractivity contribution in [2.75, 3.05) is 19.5 Å². The summed E-state index contributed by atoms with van der Waals surface area (Å²) in [6, 6.07) is 14.6. The lowest BCUT2D eigenvalue weighted by Crippen LogP contribution is -2.13. The minimum absolute atomic E-state index is 0.0410. The molecule has 0 unspecified atom stereocenters. The van der Waals surface area contributed by atoms with Crippen molar-refractivity contribution in [1.29, 1.82) is 5.26 Å². The van der Waals surface area contributed by atoms with Crippen molar-refractivity contribution in [1.82, 2.24) is 4.98 Å². The van der Waals surface area contributed by atoms with Gasteiger partial charge in [0.15, 0.2) is 5.13 Å². The van der Waals surface area contributed by atoms with Crippen LogP contribution in [-0.4, -0.2) is 25.1 Å². The summed E-state index contributed by atoms with van der Waals surface area (Å²) in [7, 11) is 3.10. The Labute approximate surface area is 154 Å². The van der Waals surface area contributed by atoms with Gasteiger partial charge in [0, 0.05) is 5.56 Å². The Morgan fingerprint density at radius 2 is 1.88 bits per heavy atom. The molecule has 1 N–H and O–H groups in total. The zero-order chi connectivity index (χ0) is 18.5. The second-order valence-electron chi connectivity index (χ2n) is 5.19. The fourth-order valence-corrected chi connectivity index (χ4v) is 3.27. The lowest BCUT2D eigenvalue weighted by Gasteiger charge is -2.05. The van der Waals surface area contributed by atoms with Crippen LogP contribution >= 0.6 is 11.3 Å². The normalized spacial score (nSPS) is 11.0. The standard InChI is InChI=1S/C19H15N3O3S/c1-24-14-7-4-3-6-12(14)10-13(11-20)18(23)22-19-21-17-15(25-2)8-5-9-16(17)26-19/h3-10H,1-2H3,(H,21,22,23)/b13-10+. The molecule has 26 heavy (non-hydrogen) atoms. The van der Waals surface area contributed by atoms with Crippen LogP contribution in [0.5, 0.6) is 11.5 Å². The molecule has 0 radical (unpaired) electrons. The van der Waals surface area contributed by atoms with E-state index in [0.717, 1.165) is 4.70 Å². The number of rotatable bonds is 5. The SMILES string of the molecule is COc1ccccc1/C=C(\C#N)C(=O)Nc1nc2c(OC)cccc2s1. The summed E-state index contributed by atoms with van der Waals surface area (Å²) in [5, 5.41) is 12.4. The number of aromatic nitrogens is 1. The maximum atomic E-state index is 12.5. The van der Waals surface area contributed by atoms with Gasteiger partial charge in [-0.1, -0.05) is 35.6 Å². The monoisotopic (exact) mass is 365 g/mol. The Morgan fingerprint density at radius 1 is 1.15 bits per heavy atom. The molecule has 0 saturated heterocycles. The zero-order valence-corrected chi connectivity index (χ0v) is 15.0. The summed E-state index contributed by atoms with van der Waals surface area (Å²) < 4.78 is 11.4. The summed E-state index contributed by atoms with van der Waals surface area (Å²) in [6.07, 6.45) is 1.49. The Morgan fingerprint density at radius 3 is 2.62 bits per heavy atom. The first-order valence-corrected chi connectivity index (χ1v) is 8.47. The van der Waals surface area contributed by atoms with E-state index >= 15 is 0 Å². The molecule has 0 saturated carbocycles. The van der Waals surface area contributed by atoms with E-state index in [1.165, 1.54) is 24.5 Å². The molecule has 0 fully saturated rings. The number of thiazole rings is 1. The third-order valence-electron chi connectivity index (χ3n) is 3.63. The number of carbonyl (C=O) groups excluding carboxylic acids is 1. The van der Waals surface area contributed by atoms with Crippen molar-refractivity contribution < 1.29 is 14.3 Å². The molecular formula is C19H15N3O3S. The smallest absolute Gasteiger partial charge is 0.268 e. The van der Waals surface area contributed by atoms with Crippen LogP contribution in [0, 0.1) is 11.3 Å². The third-order valence-corrected chi connectivity index (χ3v) is 4.56. The van der Waals surface area contributed by atoms with Crippen molar-refractivity contribution in [3.8, 4) is 17.6 Å². The molecule has 0 aliphatic heterocycles. The van der Waals surface area contributed by atoms with E-state index in [9.17, 15) is 10.1 Å². The summed E-state index contributed by atoms with van der Waals surface area (Å²) >= 11 is 1.31. The van der Waals surface area contributed by atoms with Gasteiger partial charge in [0.2, 0.25) is 0 Å². The predicted octanol–water partition coefficient (Wildman–Crippen LogP) is 3.86. The van der Waals surface area contributed by atoms with Gasteiger partial charge in [0.1, 0.15) is 28.7 Å². The van der Waals surface area contributed by atoms with Crippen molar-refractivity contribution in [2.45, 2.75) is 0 Å². The van der Waals surface area contributed by atoms with Crippen LogP contribution in [-0.2, 0) is 4.79 Å². The number of carbonyl (C=O) groups is 1. The summed E-state index contributed by atoms with van der Waals surface area (Å²) in [5.74, 6) is 0.679. The number of para-hydroxylation sites is 2. The number of anilines is 1. The van der Waals surface area contributed by atoms with E-state index < -0.39 is 5.91 Å². The minimum Gasteiger partial charge on any atom is -0.496 e. The molecule has 0 aliphatic rings. The highest BCUT2D eigenvalue weighted by atomic mass is 32.1. The van der Waals surface area contributed by atoms with E-state index in [-0.39, 0.29) is 5.57 Å². The number of nitriles is 1. The molecule has 0 bridgehead atoms. The maximum absolute atomic E-state index is 12.5. The highest BCUT2D eigenvalue weighted by Gasteiger charge is 2.15. The van der Waals surface area contributed by atoms with Gasteiger partial charge in [-0.3, -0.25) is 10.1 Å². The molecule has 6 nitrogen and oxygen atoms in total. The number of methoxy groups -OCH3 is 2. The first-order valence-electron chi connectivity index (χ1n) is 7.66. The lowest BCUT2D eigenvalue weighted by molar-refractivity contribution is -0.112. The van der Waals surface area contributed by atoms with Crippen molar-refractivity contribution in [3.05, 3.63) is 53.6 Å². The van der Waals surface area contributed by atoms with Gasteiger partial charge in [-0.05, 0) is 24.3 Å². The molecule has 3 rings (SSSR count). The Balaban J connectivity index is 1.88. The Hall–Kier alpha value is -3.37. The number of hydrogen-bond donors (Lipinski definition) is 1. The molecule has 7 heteroatoms. The average molecular weight is 365 g/mol. The van der Waals surface area contributed by atoms with E-state index in [1.807, 2.05) is 24.3 Å². The van der Waals surface area contributed by atoms with Gasteiger partial charge in [-0.25, -0.2) is 4.98 Å². The van der Waals surface area contributed by atoms with Crippen LogP contribution in [0.3, 0.4) is 0 Å².